The zero-order valence-electron chi connectivity index (χ0n) is 9.03. The highest BCUT2D eigenvalue weighted by Crippen LogP contribution is 2.29. The van der Waals surface area contributed by atoms with E-state index in [9.17, 15) is 8.42 Å². The van der Waals surface area contributed by atoms with Crippen LogP contribution in [0.15, 0.2) is 24.3 Å². The Hall–Kier alpha value is -1.57. The van der Waals surface area contributed by atoms with E-state index in [1.165, 1.54) is 25.3 Å². The van der Waals surface area contributed by atoms with Crippen molar-refractivity contribution in [3.63, 3.8) is 0 Å². The highest BCUT2D eigenvalue weighted by Gasteiger charge is 2.12. The molecule has 0 aliphatic rings. The van der Waals surface area contributed by atoms with E-state index >= 15 is 0 Å². The number of ether oxygens (including phenoxy) is 1. The third-order valence-corrected chi connectivity index (χ3v) is 2.19. The smallest absolute Gasteiger partial charge is 0.446 e. The molecular weight excluding hydrogens is 248 g/mol. The molecule has 0 unspecified atom stereocenters. The summed E-state index contributed by atoms with van der Waals surface area (Å²) in [5.74, 6) is 0.0406. The summed E-state index contributed by atoms with van der Waals surface area (Å²) in [6, 6.07) is 4.39. The van der Waals surface area contributed by atoms with Gasteiger partial charge in [-0.05, 0) is 17.7 Å². The maximum absolute atomic E-state index is 10.6. The monoisotopic (exact) mass is 260 g/mol. The van der Waals surface area contributed by atoms with Crippen molar-refractivity contribution < 1.29 is 27.0 Å². The quantitative estimate of drug-likeness (QED) is 0.763. The highest BCUT2D eigenvalue weighted by atomic mass is 32.3. The van der Waals surface area contributed by atoms with Crippen LogP contribution in [0.2, 0.25) is 0 Å². The molecule has 6 nitrogen and oxygen atoms in total. The van der Waals surface area contributed by atoms with E-state index < -0.39 is 10.4 Å². The summed E-state index contributed by atoms with van der Waals surface area (Å²) in [5.41, 5.74) is 0.693. The number of benzene rings is 1. The van der Waals surface area contributed by atoms with Crippen LogP contribution in [0.25, 0.3) is 6.08 Å². The van der Waals surface area contributed by atoms with Gasteiger partial charge in [0.1, 0.15) is 0 Å². The fraction of sp³-hybridized carbons (Fsp3) is 0.200. The highest BCUT2D eigenvalue weighted by molar-refractivity contribution is 7.81. The summed E-state index contributed by atoms with van der Waals surface area (Å²) in [4.78, 5) is 0. The summed E-state index contributed by atoms with van der Waals surface area (Å²) < 4.78 is 38.9. The van der Waals surface area contributed by atoms with Gasteiger partial charge in [0.05, 0.1) is 13.7 Å². The molecule has 0 heterocycles. The largest absolute Gasteiger partial charge is 0.493 e. The Kier molecular flexibility index (Phi) is 4.50. The van der Waals surface area contributed by atoms with Crippen LogP contribution in [0.5, 0.6) is 11.5 Å². The molecule has 0 radical (unpaired) electrons. The summed E-state index contributed by atoms with van der Waals surface area (Å²) in [6.45, 7) is -0.106. The molecule has 1 aromatic rings. The van der Waals surface area contributed by atoms with Gasteiger partial charge in [-0.15, -0.1) is 0 Å². The van der Waals surface area contributed by atoms with Crippen molar-refractivity contribution in [2.75, 3.05) is 13.7 Å². The zero-order chi connectivity index (χ0) is 12.9. The van der Waals surface area contributed by atoms with Crippen molar-refractivity contribution in [1.82, 2.24) is 0 Å². The summed E-state index contributed by atoms with van der Waals surface area (Å²) in [5, 5.41) is 8.61. The van der Waals surface area contributed by atoms with Gasteiger partial charge in [-0.3, -0.25) is 4.55 Å². The molecule has 1 aromatic carbocycles. The fourth-order valence-corrected chi connectivity index (χ4v) is 1.52. The lowest BCUT2D eigenvalue weighted by Crippen LogP contribution is -2.07. The zero-order valence-corrected chi connectivity index (χ0v) is 9.85. The summed E-state index contributed by atoms with van der Waals surface area (Å²) >= 11 is 0. The van der Waals surface area contributed by atoms with Gasteiger partial charge in [-0.2, -0.15) is 8.42 Å². The Morgan fingerprint density at radius 2 is 2.06 bits per heavy atom. The lowest BCUT2D eigenvalue weighted by molar-refractivity contribution is 0.343. The van der Waals surface area contributed by atoms with Gasteiger partial charge in [0.25, 0.3) is 0 Å². The first kappa shape index (κ1) is 13.5. The second-order valence-corrected chi connectivity index (χ2v) is 4.03. The predicted molar refractivity (Wildman–Crippen MR) is 61.3 cm³/mol. The molecule has 0 amide bonds. The van der Waals surface area contributed by atoms with Crippen molar-refractivity contribution in [3.8, 4) is 11.5 Å². The molecule has 0 atom stereocenters. The molecule has 0 fully saturated rings. The Morgan fingerprint density at radius 1 is 1.35 bits per heavy atom. The molecule has 7 heteroatoms. The third-order valence-electron chi connectivity index (χ3n) is 1.80. The number of aliphatic hydroxyl groups is 1. The van der Waals surface area contributed by atoms with Crippen LogP contribution >= 0.6 is 0 Å². The maximum Gasteiger partial charge on any atom is 0.446 e. The number of hydrogen-bond acceptors (Lipinski definition) is 5. The van der Waals surface area contributed by atoms with E-state index in [-0.39, 0.29) is 18.1 Å². The van der Waals surface area contributed by atoms with E-state index in [1.54, 1.807) is 12.1 Å². The molecule has 0 bridgehead atoms. The van der Waals surface area contributed by atoms with Crippen LogP contribution < -0.4 is 8.92 Å². The van der Waals surface area contributed by atoms with E-state index in [1.807, 2.05) is 0 Å². The number of rotatable bonds is 5. The molecule has 0 saturated carbocycles. The van der Waals surface area contributed by atoms with Gasteiger partial charge in [0, 0.05) is 0 Å². The fourth-order valence-electron chi connectivity index (χ4n) is 1.16. The summed E-state index contributed by atoms with van der Waals surface area (Å²) in [6.07, 6.45) is 3.14. The molecular formula is C10H12O6S. The first-order valence-electron chi connectivity index (χ1n) is 4.58. The molecule has 2 N–H and O–H groups in total. The molecule has 0 spiro atoms. The minimum absolute atomic E-state index is 0.106. The van der Waals surface area contributed by atoms with E-state index in [2.05, 4.69) is 4.18 Å². The Bertz CT molecular complexity index is 506. The molecule has 0 saturated heterocycles. The average molecular weight is 260 g/mol. The van der Waals surface area contributed by atoms with Gasteiger partial charge in [0.2, 0.25) is 0 Å². The van der Waals surface area contributed by atoms with E-state index in [0.717, 1.165) is 0 Å². The first-order valence-corrected chi connectivity index (χ1v) is 5.95. The van der Waals surface area contributed by atoms with Crippen LogP contribution in [-0.2, 0) is 10.4 Å². The van der Waals surface area contributed by atoms with E-state index in [0.29, 0.717) is 5.56 Å². The third kappa shape index (κ3) is 4.43. The second kappa shape index (κ2) is 5.67. The van der Waals surface area contributed by atoms with Gasteiger partial charge >= 0.3 is 10.4 Å². The van der Waals surface area contributed by atoms with Crippen LogP contribution in [0.3, 0.4) is 0 Å². The number of methoxy groups -OCH3 is 1. The molecule has 0 aliphatic heterocycles. The second-order valence-electron chi connectivity index (χ2n) is 3.01. The lowest BCUT2D eigenvalue weighted by atomic mass is 10.2. The first-order chi connectivity index (χ1) is 7.96. The van der Waals surface area contributed by atoms with Crippen molar-refractivity contribution in [1.29, 1.82) is 0 Å². The number of aliphatic hydroxyl groups excluding tert-OH is 1. The van der Waals surface area contributed by atoms with Gasteiger partial charge in [-0.25, -0.2) is 0 Å². The summed E-state index contributed by atoms with van der Waals surface area (Å²) in [7, 11) is -3.24. The van der Waals surface area contributed by atoms with Crippen LogP contribution in [-0.4, -0.2) is 31.8 Å². The average Bonchev–Trinajstić information content (AvgIpc) is 2.25. The SMILES string of the molecule is COc1cc(C=CCO)ccc1OS(=O)(=O)O. The van der Waals surface area contributed by atoms with Gasteiger partial charge < -0.3 is 14.0 Å². The molecule has 94 valence electrons. The minimum atomic E-state index is -4.58. The van der Waals surface area contributed by atoms with Crippen molar-refractivity contribution in [2.24, 2.45) is 0 Å². The van der Waals surface area contributed by atoms with Crippen LogP contribution in [0.1, 0.15) is 5.56 Å². The molecule has 0 aliphatic carbocycles. The van der Waals surface area contributed by atoms with Crippen molar-refractivity contribution >= 4 is 16.5 Å². The molecule has 1 rings (SSSR count). The van der Waals surface area contributed by atoms with Crippen LogP contribution in [0, 0.1) is 0 Å². The number of hydrogen-bond donors (Lipinski definition) is 2. The van der Waals surface area contributed by atoms with Crippen molar-refractivity contribution in [2.45, 2.75) is 0 Å². The Balaban J connectivity index is 3.05. The minimum Gasteiger partial charge on any atom is -0.493 e. The maximum atomic E-state index is 10.6. The predicted octanol–water partition coefficient (Wildman–Crippen LogP) is 0.882. The topological polar surface area (TPSA) is 93.1 Å². The normalized spacial score (nSPS) is 11.7. The Morgan fingerprint density at radius 3 is 2.59 bits per heavy atom. The van der Waals surface area contributed by atoms with E-state index in [4.69, 9.17) is 14.4 Å². The Labute approximate surface area is 99.1 Å². The molecule has 17 heavy (non-hydrogen) atoms. The standard InChI is InChI=1S/C10H12O6S/c1-15-10-7-8(3-2-6-11)4-5-9(10)16-17(12,13)14/h2-5,7,11H,6H2,1H3,(H,12,13,14). The van der Waals surface area contributed by atoms with Crippen molar-refractivity contribution in [3.05, 3.63) is 29.8 Å². The lowest BCUT2D eigenvalue weighted by Gasteiger charge is -2.08. The van der Waals surface area contributed by atoms with Gasteiger partial charge in [-0.1, -0.05) is 18.2 Å². The van der Waals surface area contributed by atoms with Gasteiger partial charge in [0.15, 0.2) is 11.5 Å². The molecule has 0 aromatic heterocycles. The van der Waals surface area contributed by atoms with Crippen LogP contribution in [0.4, 0.5) is 0 Å².